The van der Waals surface area contributed by atoms with Crippen LogP contribution in [0.5, 0.6) is 17.4 Å². The first-order valence-corrected chi connectivity index (χ1v) is 9.90. The van der Waals surface area contributed by atoms with Crippen LogP contribution in [0.25, 0.3) is 11.4 Å². The van der Waals surface area contributed by atoms with Crippen molar-refractivity contribution in [2.75, 3.05) is 27.9 Å². The Labute approximate surface area is 167 Å². The van der Waals surface area contributed by atoms with Gasteiger partial charge in [0, 0.05) is 17.0 Å². The van der Waals surface area contributed by atoms with Crippen LogP contribution >= 0.6 is 0 Å². The van der Waals surface area contributed by atoms with Crippen molar-refractivity contribution in [2.24, 2.45) is 11.7 Å². The molecule has 0 bridgehead atoms. The molecular formula is C22H31N3O3. The molecule has 1 atom stereocenters. The number of hydrogen-bond donors (Lipinski definition) is 1. The van der Waals surface area contributed by atoms with E-state index in [2.05, 4.69) is 13.8 Å². The molecule has 0 aliphatic heterocycles. The second kappa shape index (κ2) is 8.35. The molecule has 1 aliphatic carbocycles. The first-order valence-electron chi connectivity index (χ1n) is 9.90. The fourth-order valence-corrected chi connectivity index (χ4v) is 4.12. The van der Waals surface area contributed by atoms with Gasteiger partial charge in [-0.15, -0.1) is 0 Å². The van der Waals surface area contributed by atoms with Gasteiger partial charge in [-0.1, -0.05) is 13.8 Å². The largest absolute Gasteiger partial charge is 0.497 e. The Hall–Kier alpha value is -2.34. The average molecular weight is 386 g/mol. The van der Waals surface area contributed by atoms with Crippen LogP contribution in [0.4, 0.5) is 0 Å². The predicted octanol–water partition coefficient (Wildman–Crippen LogP) is 3.75. The van der Waals surface area contributed by atoms with Gasteiger partial charge in [0.25, 0.3) is 0 Å². The molecule has 28 heavy (non-hydrogen) atoms. The summed E-state index contributed by atoms with van der Waals surface area (Å²) in [4.78, 5) is 9.74. The fraction of sp³-hybridized carbons (Fsp3) is 0.545. The van der Waals surface area contributed by atoms with Crippen molar-refractivity contribution in [3.63, 3.8) is 0 Å². The van der Waals surface area contributed by atoms with E-state index in [1.807, 2.05) is 18.2 Å². The molecule has 0 radical (unpaired) electrons. The third kappa shape index (κ3) is 3.65. The summed E-state index contributed by atoms with van der Waals surface area (Å²) >= 11 is 0. The van der Waals surface area contributed by atoms with Crippen LogP contribution in [0, 0.1) is 5.92 Å². The maximum Gasteiger partial charge on any atom is 0.220 e. The predicted molar refractivity (Wildman–Crippen MR) is 110 cm³/mol. The summed E-state index contributed by atoms with van der Waals surface area (Å²) in [5.74, 6) is 3.25. The molecule has 1 unspecified atom stereocenters. The molecule has 1 heterocycles. The van der Waals surface area contributed by atoms with Gasteiger partial charge >= 0.3 is 0 Å². The van der Waals surface area contributed by atoms with E-state index < -0.39 is 0 Å². The summed E-state index contributed by atoms with van der Waals surface area (Å²) in [6, 6.07) is 5.65. The van der Waals surface area contributed by atoms with E-state index in [0.29, 0.717) is 29.9 Å². The van der Waals surface area contributed by atoms with Gasteiger partial charge < -0.3 is 19.9 Å². The number of ether oxygens (including phenoxy) is 3. The molecule has 0 spiro atoms. The van der Waals surface area contributed by atoms with Gasteiger partial charge in [0.15, 0.2) is 5.82 Å². The number of nitrogens with zero attached hydrogens (tertiary/aromatic N) is 2. The van der Waals surface area contributed by atoms with Crippen LogP contribution in [-0.4, -0.2) is 37.8 Å². The van der Waals surface area contributed by atoms with Crippen LogP contribution in [0.3, 0.4) is 0 Å². The molecule has 2 N–H and O–H groups in total. The summed E-state index contributed by atoms with van der Waals surface area (Å²) in [6.45, 7) is 5.04. The normalized spacial score (nSPS) is 15.8. The summed E-state index contributed by atoms with van der Waals surface area (Å²) in [5, 5.41) is 0. The van der Waals surface area contributed by atoms with Crippen LogP contribution in [0.2, 0.25) is 0 Å². The Balaban J connectivity index is 2.17. The topological polar surface area (TPSA) is 79.5 Å². The smallest absolute Gasteiger partial charge is 0.220 e. The highest BCUT2D eigenvalue weighted by Gasteiger charge is 2.45. The maximum absolute atomic E-state index is 5.98. The molecule has 6 heteroatoms. The number of benzene rings is 1. The van der Waals surface area contributed by atoms with Gasteiger partial charge in [0.1, 0.15) is 11.5 Å². The highest BCUT2D eigenvalue weighted by Crippen LogP contribution is 2.52. The Morgan fingerprint density at radius 2 is 1.86 bits per heavy atom. The number of hydrogen-bond acceptors (Lipinski definition) is 6. The van der Waals surface area contributed by atoms with Crippen molar-refractivity contribution >= 4 is 0 Å². The second-order valence-corrected chi connectivity index (χ2v) is 7.53. The molecule has 1 fully saturated rings. The van der Waals surface area contributed by atoms with E-state index in [1.54, 1.807) is 21.3 Å². The van der Waals surface area contributed by atoms with Crippen molar-refractivity contribution < 1.29 is 14.2 Å². The Morgan fingerprint density at radius 1 is 1.11 bits per heavy atom. The summed E-state index contributed by atoms with van der Waals surface area (Å²) in [6.07, 6.45) is 4.13. The molecule has 0 amide bonds. The van der Waals surface area contributed by atoms with E-state index in [-0.39, 0.29) is 5.41 Å². The van der Waals surface area contributed by atoms with Crippen molar-refractivity contribution in [3.05, 3.63) is 29.5 Å². The molecule has 1 saturated carbocycles. The number of rotatable bonds is 9. The lowest BCUT2D eigenvalue weighted by Gasteiger charge is -2.32. The molecule has 1 aromatic heterocycles. The highest BCUT2D eigenvalue weighted by atomic mass is 16.5. The molecule has 1 aromatic carbocycles. The van der Waals surface area contributed by atoms with E-state index in [4.69, 9.17) is 29.9 Å². The highest BCUT2D eigenvalue weighted by molar-refractivity contribution is 5.67. The SMILES string of the molecule is CCc1nc(-c2ccc(OC)cc2OC)nc(OC)c1C(C)(CCN)C1CC1. The first-order chi connectivity index (χ1) is 13.5. The number of nitrogens with two attached hydrogens (primary N) is 1. The van der Waals surface area contributed by atoms with Crippen molar-refractivity contribution in [1.82, 2.24) is 9.97 Å². The lowest BCUT2D eigenvalue weighted by Crippen LogP contribution is -2.31. The van der Waals surface area contributed by atoms with Crippen LogP contribution in [0.15, 0.2) is 18.2 Å². The minimum Gasteiger partial charge on any atom is -0.497 e. The zero-order valence-electron chi connectivity index (χ0n) is 17.5. The molecular weight excluding hydrogens is 354 g/mol. The summed E-state index contributed by atoms with van der Waals surface area (Å²) in [7, 11) is 4.94. The van der Waals surface area contributed by atoms with Crippen molar-refractivity contribution in [2.45, 2.75) is 44.9 Å². The minimum atomic E-state index is -0.0615. The van der Waals surface area contributed by atoms with Gasteiger partial charge in [-0.25, -0.2) is 4.98 Å². The number of aromatic nitrogens is 2. The number of methoxy groups -OCH3 is 3. The van der Waals surface area contributed by atoms with Crippen molar-refractivity contribution in [1.29, 1.82) is 0 Å². The van der Waals surface area contributed by atoms with E-state index >= 15 is 0 Å². The molecule has 1 aliphatic rings. The van der Waals surface area contributed by atoms with Gasteiger partial charge in [-0.05, 0) is 50.3 Å². The maximum atomic E-state index is 5.98. The molecule has 6 nitrogen and oxygen atoms in total. The van der Waals surface area contributed by atoms with Crippen LogP contribution in [-0.2, 0) is 11.8 Å². The fourth-order valence-electron chi connectivity index (χ4n) is 4.12. The Morgan fingerprint density at radius 3 is 2.39 bits per heavy atom. The Bertz CT molecular complexity index is 811. The van der Waals surface area contributed by atoms with Crippen molar-refractivity contribution in [3.8, 4) is 28.8 Å². The van der Waals surface area contributed by atoms with Gasteiger partial charge in [0.05, 0.1) is 32.6 Å². The first kappa shape index (κ1) is 20.4. The summed E-state index contributed by atoms with van der Waals surface area (Å²) in [5.41, 5.74) is 8.86. The van der Waals surface area contributed by atoms with E-state index in [0.717, 1.165) is 35.4 Å². The standard InChI is InChI=1S/C22H31N3O3/c1-6-17-19(22(2,11-12-23)14-7-8-14)21(28-5)25-20(24-17)16-10-9-15(26-3)13-18(16)27-4/h9-10,13-14H,6-8,11-12,23H2,1-5H3. The monoisotopic (exact) mass is 385 g/mol. The van der Waals surface area contributed by atoms with E-state index in [1.165, 1.54) is 12.8 Å². The zero-order chi connectivity index (χ0) is 20.3. The Kier molecular flexibility index (Phi) is 6.08. The third-order valence-electron chi connectivity index (χ3n) is 5.84. The van der Waals surface area contributed by atoms with Crippen LogP contribution in [0.1, 0.15) is 44.4 Å². The van der Waals surface area contributed by atoms with Crippen LogP contribution < -0.4 is 19.9 Å². The average Bonchev–Trinajstić information content (AvgIpc) is 3.58. The lowest BCUT2D eigenvalue weighted by molar-refractivity contribution is 0.333. The molecule has 3 rings (SSSR count). The molecule has 152 valence electrons. The second-order valence-electron chi connectivity index (χ2n) is 7.53. The van der Waals surface area contributed by atoms with Gasteiger partial charge in [-0.2, -0.15) is 4.98 Å². The third-order valence-corrected chi connectivity index (χ3v) is 5.84. The minimum absolute atomic E-state index is 0.0615. The van der Waals surface area contributed by atoms with Gasteiger partial charge in [-0.3, -0.25) is 0 Å². The quantitative estimate of drug-likeness (QED) is 0.708. The molecule has 2 aromatic rings. The zero-order valence-corrected chi connectivity index (χ0v) is 17.5. The summed E-state index contributed by atoms with van der Waals surface area (Å²) < 4.78 is 16.6. The van der Waals surface area contributed by atoms with E-state index in [9.17, 15) is 0 Å². The molecule has 0 saturated heterocycles. The number of aryl methyl sites for hydroxylation is 1. The lowest BCUT2D eigenvalue weighted by atomic mass is 9.74. The van der Waals surface area contributed by atoms with Gasteiger partial charge in [0.2, 0.25) is 5.88 Å².